The maximum Gasteiger partial charge on any atom is 0.166 e. The van der Waals surface area contributed by atoms with E-state index in [0.717, 1.165) is 24.2 Å². The average Bonchev–Trinajstić information content (AvgIpc) is 3.02. The Labute approximate surface area is 116 Å². The Morgan fingerprint density at radius 1 is 1.47 bits per heavy atom. The molecule has 0 unspecified atom stereocenters. The standard InChI is InChI=1S/C13H16N4OS/c1-12(2,18)8-4-3-7-17-9(8)15-16-11(17)13(5-6-13)10(14)19/h3-4,7,18H,5-6H2,1-2H3,(H2,14,19). The molecule has 1 aliphatic rings. The molecule has 1 fully saturated rings. The van der Waals surface area contributed by atoms with Crippen molar-refractivity contribution in [2.45, 2.75) is 37.7 Å². The van der Waals surface area contributed by atoms with Crippen LogP contribution in [0.15, 0.2) is 18.3 Å². The normalized spacial score (nSPS) is 17.6. The van der Waals surface area contributed by atoms with E-state index in [4.69, 9.17) is 18.0 Å². The Morgan fingerprint density at radius 3 is 2.68 bits per heavy atom. The number of aromatic nitrogens is 3. The fourth-order valence-corrected chi connectivity index (χ4v) is 2.72. The first kappa shape index (κ1) is 12.5. The van der Waals surface area contributed by atoms with Crippen molar-refractivity contribution in [2.24, 2.45) is 5.73 Å². The maximum atomic E-state index is 10.2. The summed E-state index contributed by atoms with van der Waals surface area (Å²) in [6.07, 6.45) is 3.71. The first-order valence-corrected chi connectivity index (χ1v) is 6.64. The van der Waals surface area contributed by atoms with E-state index in [1.807, 2.05) is 22.7 Å². The summed E-state index contributed by atoms with van der Waals surface area (Å²) in [5.41, 5.74) is 5.96. The van der Waals surface area contributed by atoms with Crippen molar-refractivity contribution in [1.82, 2.24) is 14.6 Å². The molecule has 19 heavy (non-hydrogen) atoms. The van der Waals surface area contributed by atoms with Gasteiger partial charge >= 0.3 is 0 Å². The van der Waals surface area contributed by atoms with Gasteiger partial charge in [0, 0.05) is 11.8 Å². The van der Waals surface area contributed by atoms with Gasteiger partial charge in [-0.15, -0.1) is 10.2 Å². The summed E-state index contributed by atoms with van der Waals surface area (Å²) in [5.74, 6) is 0.779. The van der Waals surface area contributed by atoms with Crippen molar-refractivity contribution in [1.29, 1.82) is 0 Å². The van der Waals surface area contributed by atoms with Gasteiger partial charge in [0.2, 0.25) is 0 Å². The SMILES string of the molecule is CC(C)(O)c1cccn2c(C3(C(N)=S)CC3)nnc12. The van der Waals surface area contributed by atoms with E-state index in [1.54, 1.807) is 13.8 Å². The summed E-state index contributed by atoms with van der Waals surface area (Å²) in [5, 5.41) is 18.7. The van der Waals surface area contributed by atoms with E-state index in [-0.39, 0.29) is 5.41 Å². The summed E-state index contributed by atoms with van der Waals surface area (Å²) in [6, 6.07) is 3.73. The molecule has 2 aromatic heterocycles. The molecule has 0 spiro atoms. The molecule has 2 aromatic rings. The lowest BCUT2D eigenvalue weighted by atomic mass is 9.99. The minimum Gasteiger partial charge on any atom is -0.392 e. The second-order valence-corrected chi connectivity index (χ2v) is 6.08. The first-order chi connectivity index (χ1) is 8.86. The molecule has 3 N–H and O–H groups in total. The topological polar surface area (TPSA) is 76.4 Å². The van der Waals surface area contributed by atoms with Gasteiger partial charge in [-0.3, -0.25) is 4.40 Å². The highest BCUT2D eigenvalue weighted by atomic mass is 32.1. The van der Waals surface area contributed by atoms with Gasteiger partial charge in [-0.05, 0) is 32.8 Å². The molecule has 0 radical (unpaired) electrons. The number of fused-ring (bicyclic) bond motifs is 1. The fraction of sp³-hybridized carbons (Fsp3) is 0.462. The Hall–Kier alpha value is -1.53. The molecule has 0 atom stereocenters. The molecule has 6 heteroatoms. The molecule has 0 bridgehead atoms. The highest BCUT2D eigenvalue weighted by Crippen LogP contribution is 2.47. The first-order valence-electron chi connectivity index (χ1n) is 6.23. The van der Waals surface area contributed by atoms with Crippen LogP contribution in [0.2, 0.25) is 0 Å². The lowest BCUT2D eigenvalue weighted by molar-refractivity contribution is 0.0796. The van der Waals surface area contributed by atoms with E-state index in [2.05, 4.69) is 10.2 Å². The number of nitrogens with zero attached hydrogens (tertiary/aromatic N) is 3. The number of hydrogen-bond acceptors (Lipinski definition) is 4. The van der Waals surface area contributed by atoms with Crippen molar-refractivity contribution in [2.75, 3.05) is 0 Å². The number of aliphatic hydroxyl groups is 1. The number of hydrogen-bond donors (Lipinski definition) is 2. The molecule has 0 amide bonds. The van der Waals surface area contributed by atoms with E-state index < -0.39 is 5.60 Å². The molecule has 0 aromatic carbocycles. The largest absolute Gasteiger partial charge is 0.392 e. The van der Waals surface area contributed by atoms with Crippen LogP contribution < -0.4 is 5.73 Å². The predicted molar refractivity (Wildman–Crippen MR) is 75.9 cm³/mol. The Bertz CT molecular complexity index is 667. The maximum absolute atomic E-state index is 10.2. The third-order valence-electron chi connectivity index (χ3n) is 3.74. The number of pyridine rings is 1. The minimum atomic E-state index is -0.966. The zero-order valence-electron chi connectivity index (χ0n) is 10.9. The highest BCUT2D eigenvalue weighted by Gasteiger charge is 2.51. The molecule has 1 aliphatic carbocycles. The number of thiocarbonyl (C=S) groups is 1. The van der Waals surface area contributed by atoms with Crippen LogP contribution in [0.4, 0.5) is 0 Å². The summed E-state index contributed by atoms with van der Waals surface area (Å²) in [4.78, 5) is 0.468. The van der Waals surface area contributed by atoms with Crippen LogP contribution in [0.25, 0.3) is 5.65 Å². The van der Waals surface area contributed by atoms with E-state index in [9.17, 15) is 5.11 Å². The molecule has 2 heterocycles. The van der Waals surface area contributed by atoms with Gasteiger partial charge in [-0.25, -0.2) is 0 Å². The van der Waals surface area contributed by atoms with Gasteiger partial charge in [-0.1, -0.05) is 18.3 Å². The van der Waals surface area contributed by atoms with Crippen LogP contribution in [0.5, 0.6) is 0 Å². The number of nitrogens with two attached hydrogens (primary N) is 1. The molecule has 1 saturated carbocycles. The average molecular weight is 276 g/mol. The Morgan fingerprint density at radius 2 is 2.16 bits per heavy atom. The van der Waals surface area contributed by atoms with Crippen LogP contribution in [0.1, 0.15) is 38.1 Å². The van der Waals surface area contributed by atoms with Crippen LogP contribution in [-0.2, 0) is 11.0 Å². The lowest BCUT2D eigenvalue weighted by Crippen LogP contribution is -2.28. The van der Waals surface area contributed by atoms with Crippen molar-refractivity contribution >= 4 is 22.9 Å². The summed E-state index contributed by atoms with van der Waals surface area (Å²) >= 11 is 5.16. The Balaban J connectivity index is 2.24. The fourth-order valence-electron chi connectivity index (χ4n) is 2.43. The number of rotatable bonds is 3. The zero-order valence-corrected chi connectivity index (χ0v) is 11.7. The third-order valence-corrected chi connectivity index (χ3v) is 4.13. The molecule has 3 rings (SSSR count). The predicted octanol–water partition coefficient (Wildman–Crippen LogP) is 1.27. The van der Waals surface area contributed by atoms with Gasteiger partial charge in [0.25, 0.3) is 0 Å². The van der Waals surface area contributed by atoms with Gasteiger partial charge in [0.15, 0.2) is 5.65 Å². The van der Waals surface area contributed by atoms with Crippen molar-refractivity contribution in [3.05, 3.63) is 29.7 Å². The van der Waals surface area contributed by atoms with Crippen LogP contribution >= 0.6 is 12.2 Å². The van der Waals surface area contributed by atoms with Crippen molar-refractivity contribution in [3.8, 4) is 0 Å². The quantitative estimate of drug-likeness (QED) is 0.826. The highest BCUT2D eigenvalue weighted by molar-refractivity contribution is 7.80. The Kier molecular flexibility index (Phi) is 2.46. The molecule has 100 valence electrons. The molecule has 5 nitrogen and oxygen atoms in total. The molecular weight excluding hydrogens is 260 g/mol. The molecule has 0 aliphatic heterocycles. The van der Waals surface area contributed by atoms with Crippen LogP contribution in [-0.4, -0.2) is 24.7 Å². The monoisotopic (exact) mass is 276 g/mol. The lowest BCUT2D eigenvalue weighted by Gasteiger charge is -2.18. The van der Waals surface area contributed by atoms with Gasteiger partial charge in [0.05, 0.1) is 16.0 Å². The van der Waals surface area contributed by atoms with E-state index in [1.165, 1.54) is 0 Å². The smallest absolute Gasteiger partial charge is 0.166 e. The summed E-state index contributed by atoms with van der Waals surface area (Å²) in [7, 11) is 0. The van der Waals surface area contributed by atoms with Crippen LogP contribution in [0, 0.1) is 0 Å². The summed E-state index contributed by atoms with van der Waals surface area (Å²) in [6.45, 7) is 3.47. The zero-order chi connectivity index (χ0) is 13.8. The second kappa shape index (κ2) is 3.74. The van der Waals surface area contributed by atoms with Crippen molar-refractivity contribution in [3.63, 3.8) is 0 Å². The third kappa shape index (κ3) is 1.74. The van der Waals surface area contributed by atoms with Gasteiger partial charge in [-0.2, -0.15) is 0 Å². The van der Waals surface area contributed by atoms with Crippen molar-refractivity contribution < 1.29 is 5.11 Å². The van der Waals surface area contributed by atoms with Gasteiger partial charge in [0.1, 0.15) is 5.82 Å². The minimum absolute atomic E-state index is 0.313. The molecule has 0 saturated heterocycles. The summed E-state index contributed by atoms with van der Waals surface area (Å²) < 4.78 is 1.89. The molecular formula is C13H16N4OS. The van der Waals surface area contributed by atoms with Gasteiger partial charge < -0.3 is 10.8 Å². The van der Waals surface area contributed by atoms with Crippen LogP contribution in [0.3, 0.4) is 0 Å². The second-order valence-electron chi connectivity index (χ2n) is 5.64. The van der Waals surface area contributed by atoms with E-state index >= 15 is 0 Å². The van der Waals surface area contributed by atoms with E-state index in [0.29, 0.717) is 10.6 Å².